The van der Waals surface area contributed by atoms with Crippen LogP contribution in [0.5, 0.6) is 11.5 Å². The lowest BCUT2D eigenvalue weighted by Crippen LogP contribution is -2.12. The normalized spacial score (nSPS) is 12.9. The lowest BCUT2D eigenvalue weighted by molar-refractivity contribution is 0.0921. The van der Waals surface area contributed by atoms with Gasteiger partial charge in [0.1, 0.15) is 11.5 Å². The molecule has 0 saturated heterocycles. The molecule has 0 radical (unpaired) electrons. The Morgan fingerprint density at radius 1 is 0.929 bits per heavy atom. The van der Waals surface area contributed by atoms with Crippen molar-refractivity contribution >= 4 is 15.6 Å². The van der Waals surface area contributed by atoms with Gasteiger partial charge in [-0.1, -0.05) is 18.2 Å². The van der Waals surface area contributed by atoms with Crippen LogP contribution < -0.4 is 9.47 Å². The van der Waals surface area contributed by atoms with E-state index in [0.29, 0.717) is 17.9 Å². The van der Waals surface area contributed by atoms with Crippen LogP contribution >= 0.6 is 0 Å². The third-order valence-electron chi connectivity index (χ3n) is 4.57. The van der Waals surface area contributed by atoms with Crippen molar-refractivity contribution in [3.8, 4) is 11.5 Å². The van der Waals surface area contributed by atoms with Crippen molar-refractivity contribution in [1.29, 1.82) is 0 Å². The van der Waals surface area contributed by atoms with E-state index in [9.17, 15) is 13.2 Å². The summed E-state index contributed by atoms with van der Waals surface area (Å²) in [7, 11) is -3.57. The van der Waals surface area contributed by atoms with E-state index in [1.807, 2.05) is 6.07 Å². The van der Waals surface area contributed by atoms with E-state index in [4.69, 9.17) is 9.47 Å². The number of hydrogen-bond acceptors (Lipinski definition) is 5. The summed E-state index contributed by atoms with van der Waals surface area (Å²) in [6.45, 7) is 0.520. The summed E-state index contributed by atoms with van der Waals surface area (Å²) in [6.07, 6.45) is 0.800. The fourth-order valence-corrected chi connectivity index (χ4v) is 4.32. The summed E-state index contributed by atoms with van der Waals surface area (Å²) in [5.74, 6) is 1.12. The summed E-state index contributed by atoms with van der Waals surface area (Å²) < 4.78 is 36.1. The molecule has 3 aromatic carbocycles. The topological polar surface area (TPSA) is 69.7 Å². The average Bonchev–Trinajstić information content (AvgIpc) is 3.21. The zero-order chi connectivity index (χ0) is 19.6. The van der Waals surface area contributed by atoms with Gasteiger partial charge in [0.15, 0.2) is 12.4 Å². The van der Waals surface area contributed by atoms with Crippen molar-refractivity contribution in [2.75, 3.05) is 13.2 Å². The van der Waals surface area contributed by atoms with Crippen LogP contribution in [0.1, 0.15) is 15.9 Å². The number of sulfone groups is 1. The van der Waals surface area contributed by atoms with Crippen LogP contribution in [0, 0.1) is 0 Å². The van der Waals surface area contributed by atoms with Crippen LogP contribution in [0.4, 0.5) is 0 Å². The van der Waals surface area contributed by atoms with Crippen molar-refractivity contribution < 1.29 is 22.7 Å². The zero-order valence-electron chi connectivity index (χ0n) is 15.0. The molecule has 0 bridgehead atoms. The van der Waals surface area contributed by atoms with Crippen LogP contribution in [0.15, 0.2) is 82.6 Å². The van der Waals surface area contributed by atoms with Gasteiger partial charge in [0.05, 0.1) is 16.4 Å². The van der Waals surface area contributed by atoms with Crippen molar-refractivity contribution in [3.05, 3.63) is 83.9 Å². The molecular weight excluding hydrogens is 376 g/mol. The van der Waals surface area contributed by atoms with Gasteiger partial charge < -0.3 is 9.47 Å². The molecule has 28 heavy (non-hydrogen) atoms. The molecule has 0 aliphatic carbocycles. The molecule has 0 saturated carbocycles. The molecular formula is C22H18O5S. The molecule has 1 heterocycles. The van der Waals surface area contributed by atoms with E-state index in [1.165, 1.54) is 12.1 Å². The molecule has 1 aliphatic heterocycles. The summed E-state index contributed by atoms with van der Waals surface area (Å²) in [5.41, 5.74) is 1.61. The summed E-state index contributed by atoms with van der Waals surface area (Å²) >= 11 is 0. The Bertz CT molecular complexity index is 1100. The fourth-order valence-electron chi connectivity index (χ4n) is 3.04. The second-order valence-corrected chi connectivity index (χ2v) is 8.37. The molecule has 0 amide bonds. The van der Waals surface area contributed by atoms with Crippen LogP contribution in [0.25, 0.3) is 0 Å². The summed E-state index contributed by atoms with van der Waals surface area (Å²) in [6, 6.07) is 19.7. The van der Waals surface area contributed by atoms with Gasteiger partial charge in [-0.25, -0.2) is 8.42 Å². The van der Waals surface area contributed by atoms with E-state index >= 15 is 0 Å². The maximum absolute atomic E-state index is 12.6. The Labute approximate surface area is 163 Å². The Kier molecular flexibility index (Phi) is 4.88. The smallest absolute Gasteiger partial charge is 0.206 e. The highest BCUT2D eigenvalue weighted by molar-refractivity contribution is 7.91. The monoisotopic (exact) mass is 394 g/mol. The van der Waals surface area contributed by atoms with E-state index in [-0.39, 0.29) is 22.2 Å². The number of ether oxygens (including phenoxy) is 2. The van der Waals surface area contributed by atoms with Crippen LogP contribution in [-0.2, 0) is 16.3 Å². The predicted octanol–water partition coefficient (Wildman–Crippen LogP) is 3.72. The highest BCUT2D eigenvalue weighted by atomic mass is 32.2. The number of rotatable bonds is 6. The third kappa shape index (κ3) is 3.64. The third-order valence-corrected chi connectivity index (χ3v) is 6.35. The molecule has 4 rings (SSSR count). The number of hydrogen-bond donors (Lipinski definition) is 0. The number of carbonyl (C=O) groups is 1. The molecule has 0 fully saturated rings. The molecule has 0 aromatic heterocycles. The molecule has 0 N–H and O–H groups in total. The zero-order valence-corrected chi connectivity index (χ0v) is 15.8. The number of Topliss-reactive ketones (excluding diaryl/α,β-unsaturated/α-hetero) is 1. The first-order valence-corrected chi connectivity index (χ1v) is 10.3. The van der Waals surface area contributed by atoms with E-state index in [0.717, 1.165) is 17.7 Å². The number of benzene rings is 3. The number of fused-ring (bicyclic) bond motifs is 1. The minimum atomic E-state index is -3.57. The maximum Gasteiger partial charge on any atom is 0.206 e. The van der Waals surface area contributed by atoms with Crippen LogP contribution in [0.3, 0.4) is 0 Å². The molecule has 5 nitrogen and oxygen atoms in total. The lowest BCUT2D eigenvalue weighted by Gasteiger charge is -2.08. The second-order valence-electron chi connectivity index (χ2n) is 6.42. The van der Waals surface area contributed by atoms with Gasteiger partial charge in [0, 0.05) is 12.0 Å². The van der Waals surface area contributed by atoms with E-state index in [1.54, 1.807) is 54.6 Å². The van der Waals surface area contributed by atoms with Gasteiger partial charge in [-0.05, 0) is 60.2 Å². The van der Waals surface area contributed by atoms with Crippen molar-refractivity contribution in [3.63, 3.8) is 0 Å². The molecule has 0 unspecified atom stereocenters. The SMILES string of the molecule is O=C(COc1ccc(S(=O)(=O)c2ccccc2)cc1)c1ccc2c(c1)CCO2. The Morgan fingerprint density at radius 2 is 1.64 bits per heavy atom. The molecule has 0 atom stereocenters. The van der Waals surface area contributed by atoms with Gasteiger partial charge in [-0.3, -0.25) is 4.79 Å². The largest absolute Gasteiger partial charge is 0.493 e. The predicted molar refractivity (Wildman–Crippen MR) is 104 cm³/mol. The lowest BCUT2D eigenvalue weighted by atomic mass is 10.1. The van der Waals surface area contributed by atoms with Crippen molar-refractivity contribution in [2.24, 2.45) is 0 Å². The van der Waals surface area contributed by atoms with Crippen molar-refractivity contribution in [1.82, 2.24) is 0 Å². The van der Waals surface area contributed by atoms with Gasteiger partial charge >= 0.3 is 0 Å². The quantitative estimate of drug-likeness (QED) is 0.596. The minimum Gasteiger partial charge on any atom is -0.493 e. The van der Waals surface area contributed by atoms with Crippen LogP contribution in [-0.4, -0.2) is 27.4 Å². The minimum absolute atomic E-state index is 0.121. The van der Waals surface area contributed by atoms with Gasteiger partial charge in [-0.2, -0.15) is 0 Å². The number of ketones is 1. The second kappa shape index (κ2) is 7.48. The molecule has 3 aromatic rings. The average molecular weight is 394 g/mol. The maximum atomic E-state index is 12.6. The summed E-state index contributed by atoms with van der Waals surface area (Å²) in [5, 5.41) is 0. The highest BCUT2D eigenvalue weighted by Crippen LogP contribution is 2.26. The standard InChI is InChI=1S/C22H18O5S/c23-21(16-6-11-22-17(14-16)12-13-26-22)15-27-18-7-9-20(10-8-18)28(24,25)19-4-2-1-3-5-19/h1-11,14H,12-13,15H2. The first-order chi connectivity index (χ1) is 13.5. The van der Waals surface area contributed by atoms with E-state index < -0.39 is 9.84 Å². The Hall–Kier alpha value is -3.12. The van der Waals surface area contributed by atoms with Crippen LogP contribution in [0.2, 0.25) is 0 Å². The van der Waals surface area contributed by atoms with Gasteiger partial charge in [0.2, 0.25) is 9.84 Å². The molecule has 6 heteroatoms. The molecule has 142 valence electrons. The van der Waals surface area contributed by atoms with Crippen molar-refractivity contribution in [2.45, 2.75) is 16.2 Å². The molecule has 1 aliphatic rings. The highest BCUT2D eigenvalue weighted by Gasteiger charge is 2.18. The number of carbonyl (C=O) groups excluding carboxylic acids is 1. The van der Waals surface area contributed by atoms with Gasteiger partial charge in [-0.15, -0.1) is 0 Å². The van der Waals surface area contributed by atoms with Gasteiger partial charge in [0.25, 0.3) is 0 Å². The first kappa shape index (κ1) is 18.3. The fraction of sp³-hybridized carbons (Fsp3) is 0.136. The Morgan fingerprint density at radius 3 is 2.39 bits per heavy atom. The van der Waals surface area contributed by atoms with E-state index in [2.05, 4.69) is 0 Å². The molecule has 0 spiro atoms. The first-order valence-electron chi connectivity index (χ1n) is 8.86. The Balaban J connectivity index is 1.43. The summed E-state index contributed by atoms with van der Waals surface area (Å²) in [4.78, 5) is 12.8.